The molecule has 2 aromatic rings. The van der Waals surface area contributed by atoms with E-state index in [9.17, 15) is 9.90 Å². The van der Waals surface area contributed by atoms with Gasteiger partial charge < -0.3 is 19.2 Å². The maximum absolute atomic E-state index is 12.9. The zero-order chi connectivity index (χ0) is 16.2. The van der Waals surface area contributed by atoms with Gasteiger partial charge in [0.1, 0.15) is 11.5 Å². The first-order valence-corrected chi connectivity index (χ1v) is 7.87. The van der Waals surface area contributed by atoms with Crippen LogP contribution in [-0.4, -0.2) is 35.2 Å². The van der Waals surface area contributed by atoms with E-state index < -0.39 is 0 Å². The molecule has 1 atom stereocenters. The van der Waals surface area contributed by atoms with E-state index in [1.165, 1.54) is 6.26 Å². The maximum Gasteiger partial charge on any atom is 0.257 e. The van der Waals surface area contributed by atoms with Gasteiger partial charge in [0, 0.05) is 25.3 Å². The third kappa shape index (κ3) is 3.56. The number of aryl methyl sites for hydroxylation is 1. The van der Waals surface area contributed by atoms with E-state index in [0.717, 1.165) is 25.0 Å². The van der Waals surface area contributed by atoms with Crippen LogP contribution in [0.25, 0.3) is 0 Å². The van der Waals surface area contributed by atoms with E-state index in [2.05, 4.69) is 0 Å². The molecule has 2 heterocycles. The molecule has 122 valence electrons. The molecule has 3 rings (SSSR count). The molecule has 0 spiro atoms. The summed E-state index contributed by atoms with van der Waals surface area (Å²) < 4.78 is 10.9. The Bertz CT molecular complexity index is 673. The molecule has 0 bridgehead atoms. The molecule has 1 fully saturated rings. The molecule has 1 unspecified atom stereocenters. The second kappa shape index (κ2) is 6.87. The van der Waals surface area contributed by atoms with Crippen LogP contribution in [0.2, 0.25) is 0 Å². The van der Waals surface area contributed by atoms with Crippen LogP contribution in [0.15, 0.2) is 41.0 Å². The molecule has 1 aromatic carbocycles. The molecule has 1 N–H and O–H groups in total. The molecule has 1 aliphatic heterocycles. The highest BCUT2D eigenvalue weighted by Crippen LogP contribution is 2.22. The molecule has 0 saturated carbocycles. The molecule has 0 aliphatic carbocycles. The Morgan fingerprint density at radius 2 is 2.17 bits per heavy atom. The van der Waals surface area contributed by atoms with Crippen LogP contribution in [-0.2, 0) is 11.3 Å². The minimum absolute atomic E-state index is 0.0528. The molecule has 1 saturated heterocycles. The number of amides is 1. The van der Waals surface area contributed by atoms with Gasteiger partial charge in [-0.3, -0.25) is 4.79 Å². The van der Waals surface area contributed by atoms with Gasteiger partial charge in [0.2, 0.25) is 0 Å². The van der Waals surface area contributed by atoms with Crippen LogP contribution in [0.5, 0.6) is 5.75 Å². The number of carbonyl (C=O) groups excluding carboxylic acids is 1. The lowest BCUT2D eigenvalue weighted by molar-refractivity contribution is 0.0504. The van der Waals surface area contributed by atoms with Crippen molar-refractivity contribution >= 4 is 5.91 Å². The number of rotatable bonds is 5. The molecule has 0 radical (unpaired) electrons. The van der Waals surface area contributed by atoms with Crippen LogP contribution in [0.3, 0.4) is 0 Å². The van der Waals surface area contributed by atoms with Crippen molar-refractivity contribution in [1.82, 2.24) is 4.90 Å². The molecule has 1 aliphatic rings. The van der Waals surface area contributed by atoms with Gasteiger partial charge in [-0.15, -0.1) is 0 Å². The summed E-state index contributed by atoms with van der Waals surface area (Å²) >= 11 is 0. The Morgan fingerprint density at radius 3 is 2.83 bits per heavy atom. The maximum atomic E-state index is 12.9. The summed E-state index contributed by atoms with van der Waals surface area (Å²) in [6.07, 6.45) is 3.55. The average molecular weight is 315 g/mol. The number of hydrogen-bond acceptors (Lipinski definition) is 4. The molecule has 5 heteroatoms. The predicted octanol–water partition coefficient (Wildman–Crippen LogP) is 3.12. The van der Waals surface area contributed by atoms with Crippen molar-refractivity contribution in [3.63, 3.8) is 0 Å². The number of phenolic OH excluding ortho intramolecular Hbond substituents is 1. The first kappa shape index (κ1) is 15.6. The van der Waals surface area contributed by atoms with Gasteiger partial charge in [-0.1, -0.05) is 18.2 Å². The lowest BCUT2D eigenvalue weighted by Crippen LogP contribution is -2.37. The number of aromatic hydroxyl groups is 1. The molecular weight excluding hydrogens is 294 g/mol. The van der Waals surface area contributed by atoms with Gasteiger partial charge >= 0.3 is 0 Å². The normalized spacial score (nSPS) is 17.3. The zero-order valence-electron chi connectivity index (χ0n) is 13.2. The summed E-state index contributed by atoms with van der Waals surface area (Å²) in [5.74, 6) is 0.696. The van der Waals surface area contributed by atoms with Crippen molar-refractivity contribution in [3.05, 3.63) is 53.5 Å². The van der Waals surface area contributed by atoms with E-state index in [4.69, 9.17) is 9.15 Å². The van der Waals surface area contributed by atoms with Crippen molar-refractivity contribution in [2.45, 2.75) is 32.4 Å². The summed E-state index contributed by atoms with van der Waals surface area (Å²) in [4.78, 5) is 14.6. The highest BCUT2D eigenvalue weighted by molar-refractivity contribution is 5.95. The predicted molar refractivity (Wildman–Crippen MR) is 85.3 cm³/mol. The van der Waals surface area contributed by atoms with Crippen molar-refractivity contribution in [2.24, 2.45) is 0 Å². The second-order valence-corrected chi connectivity index (χ2v) is 5.84. The van der Waals surface area contributed by atoms with Crippen LogP contribution in [0.1, 0.15) is 34.5 Å². The van der Waals surface area contributed by atoms with Crippen LogP contribution < -0.4 is 0 Å². The fourth-order valence-corrected chi connectivity index (χ4v) is 2.88. The monoisotopic (exact) mass is 315 g/mol. The van der Waals surface area contributed by atoms with Gasteiger partial charge in [-0.25, -0.2) is 0 Å². The smallest absolute Gasteiger partial charge is 0.257 e. The van der Waals surface area contributed by atoms with E-state index in [1.807, 2.05) is 12.1 Å². The number of hydrogen-bond donors (Lipinski definition) is 1. The van der Waals surface area contributed by atoms with Gasteiger partial charge in [0.25, 0.3) is 5.91 Å². The Balaban J connectivity index is 1.82. The van der Waals surface area contributed by atoms with Gasteiger partial charge in [0.15, 0.2) is 0 Å². The first-order valence-electron chi connectivity index (χ1n) is 7.87. The Hall–Kier alpha value is -2.27. The number of carbonyl (C=O) groups is 1. The lowest BCUT2D eigenvalue weighted by atomic mass is 10.1. The van der Waals surface area contributed by atoms with E-state index in [1.54, 1.807) is 30.0 Å². The van der Waals surface area contributed by atoms with Crippen molar-refractivity contribution in [3.8, 4) is 5.75 Å². The minimum Gasteiger partial charge on any atom is -0.508 e. The molecule has 1 amide bonds. The fourth-order valence-electron chi connectivity index (χ4n) is 2.88. The summed E-state index contributed by atoms with van der Waals surface area (Å²) in [6, 6.07) is 8.77. The average Bonchev–Trinajstić information content (AvgIpc) is 3.19. The molecular formula is C18H21NO4. The number of nitrogens with zero attached hydrogens (tertiary/aromatic N) is 1. The largest absolute Gasteiger partial charge is 0.508 e. The molecule has 1 aromatic heterocycles. The highest BCUT2D eigenvalue weighted by Gasteiger charge is 2.25. The summed E-state index contributed by atoms with van der Waals surface area (Å²) in [6.45, 7) is 3.37. The summed E-state index contributed by atoms with van der Waals surface area (Å²) in [5, 5.41) is 10.00. The highest BCUT2D eigenvalue weighted by atomic mass is 16.5. The zero-order valence-corrected chi connectivity index (χ0v) is 13.2. The standard InChI is InChI=1S/C18H21NO4/c1-13-16(8-10-22-13)18(21)19(12-15-6-4-9-23-15)11-14-5-2-3-7-17(14)20/h2-3,5,7-8,10,15,20H,4,6,9,11-12H2,1H3. The van der Waals surface area contributed by atoms with Gasteiger partial charge in [-0.2, -0.15) is 0 Å². The van der Waals surface area contributed by atoms with Gasteiger partial charge in [-0.05, 0) is 31.9 Å². The van der Waals surface area contributed by atoms with Crippen molar-refractivity contribution < 1.29 is 19.1 Å². The number of furan rings is 1. The van der Waals surface area contributed by atoms with Crippen LogP contribution >= 0.6 is 0 Å². The topological polar surface area (TPSA) is 62.9 Å². The number of para-hydroxylation sites is 1. The quantitative estimate of drug-likeness (QED) is 0.921. The number of benzene rings is 1. The fraction of sp³-hybridized carbons (Fsp3) is 0.389. The lowest BCUT2D eigenvalue weighted by Gasteiger charge is -2.25. The molecule has 5 nitrogen and oxygen atoms in total. The van der Waals surface area contributed by atoms with Gasteiger partial charge in [0.05, 0.1) is 17.9 Å². The van der Waals surface area contributed by atoms with E-state index >= 15 is 0 Å². The minimum atomic E-state index is -0.102. The Labute approximate surface area is 135 Å². The Morgan fingerprint density at radius 1 is 1.35 bits per heavy atom. The van der Waals surface area contributed by atoms with Crippen molar-refractivity contribution in [1.29, 1.82) is 0 Å². The third-order valence-corrected chi connectivity index (χ3v) is 4.18. The Kier molecular flexibility index (Phi) is 4.67. The van der Waals surface area contributed by atoms with E-state index in [-0.39, 0.29) is 17.8 Å². The second-order valence-electron chi connectivity index (χ2n) is 5.84. The number of phenols is 1. The van der Waals surface area contributed by atoms with Crippen molar-refractivity contribution in [2.75, 3.05) is 13.2 Å². The van der Waals surface area contributed by atoms with Crippen LogP contribution in [0.4, 0.5) is 0 Å². The SMILES string of the molecule is Cc1occc1C(=O)N(Cc1ccccc1O)CC1CCCO1. The van der Waals surface area contributed by atoms with E-state index in [0.29, 0.717) is 24.4 Å². The first-order chi connectivity index (χ1) is 11.1. The number of ether oxygens (including phenoxy) is 1. The summed E-state index contributed by atoms with van der Waals surface area (Å²) in [7, 11) is 0. The van der Waals surface area contributed by atoms with Crippen LogP contribution in [0, 0.1) is 6.92 Å². The third-order valence-electron chi connectivity index (χ3n) is 4.18. The molecule has 23 heavy (non-hydrogen) atoms. The summed E-state index contributed by atoms with van der Waals surface area (Å²) in [5.41, 5.74) is 1.28.